The molecule has 9 heteroatoms. The molecule has 36 heavy (non-hydrogen) atoms. The smallest absolute Gasteiger partial charge is 0.429 e. The Hall–Kier alpha value is -3.28. The van der Waals surface area contributed by atoms with Crippen LogP contribution >= 0.6 is 0 Å². The fourth-order valence-electron chi connectivity index (χ4n) is 4.44. The predicted molar refractivity (Wildman–Crippen MR) is 118 cm³/mol. The van der Waals surface area contributed by atoms with Gasteiger partial charge in [-0.15, -0.1) is 0 Å². The van der Waals surface area contributed by atoms with E-state index in [4.69, 9.17) is 0 Å². The Morgan fingerprint density at radius 1 is 0.833 bits per heavy atom. The first-order chi connectivity index (χ1) is 16.8. The van der Waals surface area contributed by atoms with Gasteiger partial charge < -0.3 is 4.74 Å². The van der Waals surface area contributed by atoms with Crippen molar-refractivity contribution >= 4 is 10.8 Å². The molecule has 190 valence electrons. The number of fused-ring (bicyclic) bond motifs is 1. The molecule has 0 atom stereocenters. The first-order valence-corrected chi connectivity index (χ1v) is 11.2. The summed E-state index contributed by atoms with van der Waals surface area (Å²) in [5.41, 5.74) is -0.843. The van der Waals surface area contributed by atoms with Gasteiger partial charge in [0.15, 0.2) is 5.82 Å². The van der Waals surface area contributed by atoms with Gasteiger partial charge in [0, 0.05) is 12.0 Å². The van der Waals surface area contributed by atoms with Crippen LogP contribution in [0.2, 0.25) is 0 Å². The van der Waals surface area contributed by atoms with Crippen LogP contribution in [0, 0.1) is 35.2 Å². The van der Waals surface area contributed by atoms with E-state index in [0.717, 1.165) is 37.3 Å². The van der Waals surface area contributed by atoms with Crippen molar-refractivity contribution in [2.24, 2.45) is 5.92 Å². The molecule has 1 aliphatic carbocycles. The van der Waals surface area contributed by atoms with Crippen molar-refractivity contribution in [3.8, 4) is 17.6 Å². The number of hydrogen-bond donors (Lipinski definition) is 0. The van der Waals surface area contributed by atoms with Gasteiger partial charge in [-0.25, -0.2) is 13.2 Å². The van der Waals surface area contributed by atoms with Gasteiger partial charge in [0.2, 0.25) is 0 Å². The molecule has 0 unspecified atom stereocenters. The zero-order valence-corrected chi connectivity index (χ0v) is 19.0. The Bertz CT molecular complexity index is 1320. The molecule has 0 radical (unpaired) electrons. The maximum absolute atomic E-state index is 14.8. The van der Waals surface area contributed by atoms with E-state index in [1.807, 2.05) is 0 Å². The van der Waals surface area contributed by atoms with Gasteiger partial charge >= 0.3 is 12.3 Å². The van der Waals surface area contributed by atoms with E-state index in [1.165, 1.54) is 18.1 Å². The molecule has 0 N–H and O–H groups in total. The van der Waals surface area contributed by atoms with Crippen molar-refractivity contribution in [3.63, 3.8) is 0 Å². The van der Waals surface area contributed by atoms with Gasteiger partial charge in [-0.2, -0.15) is 22.0 Å². The Kier molecular flexibility index (Phi) is 6.91. The summed E-state index contributed by atoms with van der Waals surface area (Å²) in [6.07, 6.45) is -4.84. The number of rotatable bonds is 4. The second-order valence-corrected chi connectivity index (χ2v) is 9.00. The van der Waals surface area contributed by atoms with Crippen LogP contribution < -0.4 is 4.74 Å². The second kappa shape index (κ2) is 9.64. The van der Waals surface area contributed by atoms with Gasteiger partial charge in [-0.05, 0) is 59.9 Å². The lowest BCUT2D eigenvalue weighted by Crippen LogP contribution is -2.22. The summed E-state index contributed by atoms with van der Waals surface area (Å²) in [5.74, 6) is -2.38. The van der Waals surface area contributed by atoms with Gasteiger partial charge in [-0.3, -0.25) is 0 Å². The van der Waals surface area contributed by atoms with Crippen LogP contribution in [0.4, 0.5) is 35.1 Å². The lowest BCUT2D eigenvalue weighted by molar-refractivity contribution is -0.185. The Morgan fingerprint density at radius 3 is 2.08 bits per heavy atom. The molecule has 1 nitrogen and oxygen atoms in total. The van der Waals surface area contributed by atoms with Crippen LogP contribution in [0.15, 0.2) is 42.5 Å². The van der Waals surface area contributed by atoms with Crippen molar-refractivity contribution in [2.45, 2.75) is 50.8 Å². The summed E-state index contributed by atoms with van der Waals surface area (Å²) >= 11 is 0. The van der Waals surface area contributed by atoms with Gasteiger partial charge in [0.1, 0.15) is 17.4 Å². The molecule has 0 aromatic heterocycles. The molecule has 0 spiro atoms. The molecule has 1 fully saturated rings. The first kappa shape index (κ1) is 25.8. The van der Waals surface area contributed by atoms with Gasteiger partial charge in [0.05, 0.1) is 16.5 Å². The van der Waals surface area contributed by atoms with E-state index >= 15 is 0 Å². The third kappa shape index (κ3) is 5.58. The van der Waals surface area contributed by atoms with Crippen LogP contribution in [-0.4, -0.2) is 6.18 Å². The van der Waals surface area contributed by atoms with Crippen LogP contribution in [0.25, 0.3) is 10.8 Å². The summed E-state index contributed by atoms with van der Waals surface area (Å²) in [5, 5.41) is -1.42. The summed E-state index contributed by atoms with van der Waals surface area (Å²) in [6.45, 7) is 2.18. The van der Waals surface area contributed by atoms with E-state index in [2.05, 4.69) is 11.7 Å². The topological polar surface area (TPSA) is 9.23 Å². The molecule has 3 aromatic carbocycles. The van der Waals surface area contributed by atoms with Crippen molar-refractivity contribution < 1.29 is 39.9 Å². The molecule has 1 saturated carbocycles. The molecule has 0 amide bonds. The van der Waals surface area contributed by atoms with E-state index in [9.17, 15) is 35.1 Å². The third-order valence-corrected chi connectivity index (χ3v) is 6.36. The lowest BCUT2D eigenvalue weighted by Gasteiger charge is -2.27. The normalized spacial score (nSPS) is 18.6. The Labute approximate surface area is 202 Å². The molecule has 0 heterocycles. The molecule has 3 aromatic rings. The van der Waals surface area contributed by atoms with E-state index < -0.39 is 57.4 Å². The highest BCUT2D eigenvalue weighted by Crippen LogP contribution is 2.38. The van der Waals surface area contributed by atoms with Crippen molar-refractivity contribution in [1.82, 2.24) is 0 Å². The van der Waals surface area contributed by atoms with E-state index in [1.54, 1.807) is 12.1 Å². The zero-order valence-electron chi connectivity index (χ0n) is 19.0. The maximum Gasteiger partial charge on any atom is 0.458 e. The van der Waals surface area contributed by atoms with Crippen LogP contribution in [0.3, 0.4) is 0 Å². The number of halogens is 8. The minimum absolute atomic E-state index is 0.287. The van der Waals surface area contributed by atoms with Gasteiger partial charge in [0.25, 0.3) is 0 Å². The lowest BCUT2D eigenvalue weighted by atomic mass is 9.79. The number of benzene rings is 3. The molecule has 0 bridgehead atoms. The largest absolute Gasteiger partial charge is 0.458 e. The minimum atomic E-state index is -5.02. The molecule has 0 saturated heterocycles. The monoisotopic (exact) mass is 512 g/mol. The second-order valence-electron chi connectivity index (χ2n) is 9.00. The van der Waals surface area contributed by atoms with Crippen molar-refractivity contribution in [1.29, 1.82) is 0 Å². The molecule has 0 aliphatic heterocycles. The highest BCUT2D eigenvalue weighted by Gasteiger charge is 2.35. The molecule has 4 rings (SSSR count). The number of alkyl halides is 5. The highest BCUT2D eigenvalue weighted by atomic mass is 19.4. The molecular weight excluding hydrogens is 492 g/mol. The summed E-state index contributed by atoms with van der Waals surface area (Å²) < 4.78 is 115. The van der Waals surface area contributed by atoms with Gasteiger partial charge in [-0.1, -0.05) is 37.8 Å². The SMILES string of the molecule is CC1CCC(c2ccc(C(F)(F)Oc3cc(F)c4c(F)c(C#CC(F)(F)F)c(F)cc4c3)cc2)CC1. The minimum Gasteiger partial charge on any atom is -0.429 e. The third-order valence-electron chi connectivity index (χ3n) is 6.36. The summed E-state index contributed by atoms with van der Waals surface area (Å²) in [4.78, 5) is 0. The van der Waals surface area contributed by atoms with Crippen molar-refractivity contribution in [3.05, 3.63) is 76.6 Å². The van der Waals surface area contributed by atoms with Crippen LogP contribution in [0.5, 0.6) is 5.75 Å². The predicted octanol–water partition coefficient (Wildman–Crippen LogP) is 8.59. The first-order valence-electron chi connectivity index (χ1n) is 11.2. The van der Waals surface area contributed by atoms with E-state index in [-0.39, 0.29) is 5.92 Å². The standard InChI is InChI=1S/C27H20F8O/c1-15-2-4-16(5-3-15)17-6-8-19(9-7-17)27(34,35)36-20-12-18-13-22(28)21(10-11-26(31,32)33)25(30)24(18)23(29)14-20/h6-9,12-16H,2-5H2,1H3. The highest BCUT2D eigenvalue weighted by molar-refractivity contribution is 5.87. The van der Waals surface area contributed by atoms with E-state index in [0.29, 0.717) is 24.0 Å². The number of hydrogen-bond acceptors (Lipinski definition) is 1. The fraction of sp³-hybridized carbons (Fsp3) is 0.333. The number of ether oxygens (including phenoxy) is 1. The maximum atomic E-state index is 14.8. The summed E-state index contributed by atoms with van der Waals surface area (Å²) in [7, 11) is 0. The average molecular weight is 512 g/mol. The fourth-order valence-corrected chi connectivity index (χ4v) is 4.44. The van der Waals surface area contributed by atoms with Crippen LogP contribution in [0.1, 0.15) is 55.2 Å². The summed E-state index contributed by atoms with van der Waals surface area (Å²) in [6, 6.07) is 7.37. The Morgan fingerprint density at radius 2 is 1.47 bits per heavy atom. The average Bonchev–Trinajstić information content (AvgIpc) is 2.78. The quantitative estimate of drug-likeness (QED) is 0.251. The molecular formula is C27H20F8O. The van der Waals surface area contributed by atoms with Crippen molar-refractivity contribution in [2.75, 3.05) is 0 Å². The Balaban J connectivity index is 1.60. The zero-order chi connectivity index (χ0) is 26.3. The van der Waals surface area contributed by atoms with Crippen LogP contribution in [-0.2, 0) is 6.11 Å². The molecule has 1 aliphatic rings.